The highest BCUT2D eigenvalue weighted by molar-refractivity contribution is 7.93. The maximum Gasteiger partial charge on any atom is 0.291 e. The molecule has 1 unspecified atom stereocenters. The number of rotatable bonds is 3. The molecule has 9 nitrogen and oxygen atoms in total. The molecule has 160 valence electrons. The number of alkyl halides is 1. The lowest BCUT2D eigenvalue weighted by atomic mass is 9.93. The Labute approximate surface area is 169 Å². The highest BCUT2D eigenvalue weighted by atomic mass is 32.2. The first kappa shape index (κ1) is 20.4. The molecule has 4 rings (SSSR count). The number of halogens is 1. The standard InChI is InChI=1S/C18H26FN5O4S/c19-18(5-9-28-10-6-18)17(26)21-29(27)11-2-7-23(8-12-29)16(25)15-13-24(22-20-15)14-3-1-4-14/h13-14H,1-12H2. The van der Waals surface area contributed by atoms with E-state index >= 15 is 0 Å². The molecule has 3 fully saturated rings. The van der Waals surface area contributed by atoms with Gasteiger partial charge in [-0.25, -0.2) is 13.3 Å². The van der Waals surface area contributed by atoms with Gasteiger partial charge in [0.2, 0.25) is 0 Å². The summed E-state index contributed by atoms with van der Waals surface area (Å²) in [4.78, 5) is 26.7. The number of nitrogens with zero attached hydrogens (tertiary/aromatic N) is 5. The van der Waals surface area contributed by atoms with Crippen molar-refractivity contribution in [3.63, 3.8) is 0 Å². The van der Waals surface area contributed by atoms with Gasteiger partial charge in [0, 0.05) is 37.4 Å². The normalized spacial score (nSPS) is 27.7. The van der Waals surface area contributed by atoms with Gasteiger partial charge in [-0.05, 0) is 25.7 Å². The predicted molar refractivity (Wildman–Crippen MR) is 103 cm³/mol. The number of aromatic nitrogens is 3. The summed E-state index contributed by atoms with van der Waals surface area (Å²) in [6.45, 7) is 0.892. The molecule has 11 heteroatoms. The van der Waals surface area contributed by atoms with Gasteiger partial charge in [-0.2, -0.15) is 4.36 Å². The van der Waals surface area contributed by atoms with Crippen LogP contribution in [0, 0.1) is 0 Å². The van der Waals surface area contributed by atoms with Crippen molar-refractivity contribution >= 4 is 21.5 Å². The average molecular weight is 428 g/mol. The number of carbonyl (C=O) groups excluding carboxylic acids is 2. The first-order chi connectivity index (χ1) is 13.9. The summed E-state index contributed by atoms with van der Waals surface area (Å²) < 4.78 is 38.6. The van der Waals surface area contributed by atoms with Crippen molar-refractivity contribution in [1.29, 1.82) is 0 Å². The van der Waals surface area contributed by atoms with Crippen LogP contribution in [0.2, 0.25) is 0 Å². The zero-order chi connectivity index (χ0) is 20.5. The van der Waals surface area contributed by atoms with E-state index in [4.69, 9.17) is 4.74 Å². The van der Waals surface area contributed by atoms with Crippen LogP contribution in [0.1, 0.15) is 55.1 Å². The van der Waals surface area contributed by atoms with Crippen molar-refractivity contribution < 1.29 is 22.9 Å². The molecule has 0 spiro atoms. The van der Waals surface area contributed by atoms with Gasteiger partial charge in [-0.15, -0.1) is 5.10 Å². The molecular formula is C18H26FN5O4S. The van der Waals surface area contributed by atoms with Crippen molar-refractivity contribution in [2.45, 2.75) is 50.2 Å². The van der Waals surface area contributed by atoms with Crippen LogP contribution in [0.15, 0.2) is 10.6 Å². The second-order valence-electron chi connectivity index (χ2n) is 7.97. The zero-order valence-corrected chi connectivity index (χ0v) is 17.1. The monoisotopic (exact) mass is 427 g/mol. The Morgan fingerprint density at radius 2 is 1.97 bits per heavy atom. The highest BCUT2D eigenvalue weighted by Crippen LogP contribution is 2.30. The Morgan fingerprint density at radius 1 is 1.21 bits per heavy atom. The fraction of sp³-hybridized carbons (Fsp3) is 0.778. The predicted octanol–water partition coefficient (Wildman–Crippen LogP) is 1.36. The SMILES string of the molecule is O=C(c1cn(C2CCC2)nn1)N1CCCS(=O)(=NC(=O)C2(F)CCOCC2)CC1. The molecule has 2 aliphatic heterocycles. The van der Waals surface area contributed by atoms with Gasteiger partial charge >= 0.3 is 0 Å². The van der Waals surface area contributed by atoms with Crippen LogP contribution < -0.4 is 0 Å². The molecule has 29 heavy (non-hydrogen) atoms. The first-order valence-electron chi connectivity index (χ1n) is 10.1. The lowest BCUT2D eigenvalue weighted by Crippen LogP contribution is -2.39. The van der Waals surface area contributed by atoms with Gasteiger partial charge in [0.1, 0.15) is 0 Å². The molecule has 0 bridgehead atoms. The Morgan fingerprint density at radius 3 is 2.66 bits per heavy atom. The summed E-state index contributed by atoms with van der Waals surface area (Å²) in [5, 5.41) is 8.04. The fourth-order valence-corrected chi connectivity index (χ4v) is 5.69. The third-order valence-electron chi connectivity index (χ3n) is 5.95. The van der Waals surface area contributed by atoms with Gasteiger partial charge in [-0.3, -0.25) is 9.59 Å². The van der Waals surface area contributed by atoms with E-state index in [9.17, 15) is 18.2 Å². The third kappa shape index (κ3) is 4.35. The molecule has 1 aromatic heterocycles. The Bertz CT molecular complexity index is 900. The summed E-state index contributed by atoms with van der Waals surface area (Å²) in [7, 11) is -2.91. The van der Waals surface area contributed by atoms with Crippen molar-refractivity contribution in [3.05, 3.63) is 11.9 Å². The molecule has 2 amide bonds. The van der Waals surface area contributed by atoms with Crippen molar-refractivity contribution in [1.82, 2.24) is 19.9 Å². The van der Waals surface area contributed by atoms with Crippen LogP contribution in [-0.4, -0.2) is 79.4 Å². The molecular weight excluding hydrogens is 401 g/mol. The molecule has 0 aromatic carbocycles. The molecule has 0 N–H and O–H groups in total. The van der Waals surface area contributed by atoms with E-state index in [0.717, 1.165) is 19.3 Å². The number of carbonyl (C=O) groups is 2. The Hall–Kier alpha value is -1.88. The quantitative estimate of drug-likeness (QED) is 0.721. The summed E-state index contributed by atoms with van der Waals surface area (Å²) in [6.07, 6.45) is 5.21. The van der Waals surface area contributed by atoms with E-state index in [1.807, 2.05) is 0 Å². The number of amides is 2. The van der Waals surface area contributed by atoms with Gasteiger partial charge in [0.05, 0.1) is 35.2 Å². The molecule has 1 aliphatic carbocycles. The molecule has 1 aromatic rings. The average Bonchev–Trinajstić information content (AvgIpc) is 3.04. The summed E-state index contributed by atoms with van der Waals surface area (Å²) in [6, 6.07) is 0.315. The van der Waals surface area contributed by atoms with Crippen LogP contribution in [0.3, 0.4) is 0 Å². The molecule has 2 saturated heterocycles. The molecule has 0 radical (unpaired) electrons. The minimum Gasteiger partial charge on any atom is -0.381 e. The third-order valence-corrected chi connectivity index (χ3v) is 8.20. The van der Waals surface area contributed by atoms with E-state index in [-0.39, 0.29) is 55.7 Å². The largest absolute Gasteiger partial charge is 0.381 e. The van der Waals surface area contributed by atoms with Crippen LogP contribution >= 0.6 is 0 Å². The van der Waals surface area contributed by atoms with Crippen molar-refractivity contribution in [2.24, 2.45) is 4.36 Å². The minimum absolute atomic E-state index is 0.0494. The second-order valence-corrected chi connectivity index (χ2v) is 10.5. The van der Waals surface area contributed by atoms with Gasteiger partial charge in [0.25, 0.3) is 11.8 Å². The lowest BCUT2D eigenvalue weighted by Gasteiger charge is -2.26. The summed E-state index contributed by atoms with van der Waals surface area (Å²) >= 11 is 0. The van der Waals surface area contributed by atoms with Gasteiger partial charge < -0.3 is 9.64 Å². The maximum absolute atomic E-state index is 14.8. The van der Waals surface area contributed by atoms with Crippen LogP contribution in [0.5, 0.6) is 0 Å². The van der Waals surface area contributed by atoms with Crippen LogP contribution in [-0.2, 0) is 19.3 Å². The number of ether oxygens (including phenoxy) is 1. The Balaban J connectivity index is 1.42. The first-order valence-corrected chi connectivity index (χ1v) is 12.0. The minimum atomic E-state index is -2.91. The van der Waals surface area contributed by atoms with Gasteiger partial charge in [-0.1, -0.05) is 5.21 Å². The highest BCUT2D eigenvalue weighted by Gasteiger charge is 2.41. The van der Waals surface area contributed by atoms with Gasteiger partial charge in [0.15, 0.2) is 11.4 Å². The van der Waals surface area contributed by atoms with Crippen LogP contribution in [0.25, 0.3) is 0 Å². The number of hydrogen-bond acceptors (Lipinski definition) is 6. The summed E-state index contributed by atoms with van der Waals surface area (Å²) in [5.74, 6) is -0.997. The van der Waals surface area contributed by atoms with Crippen LogP contribution in [0.4, 0.5) is 4.39 Å². The zero-order valence-electron chi connectivity index (χ0n) is 16.3. The smallest absolute Gasteiger partial charge is 0.291 e. The molecule has 1 atom stereocenters. The molecule has 3 aliphatic rings. The maximum atomic E-state index is 14.8. The van der Waals surface area contributed by atoms with Crippen molar-refractivity contribution in [3.8, 4) is 0 Å². The van der Waals surface area contributed by atoms with E-state index < -0.39 is 21.3 Å². The fourth-order valence-electron chi connectivity index (χ4n) is 3.75. The molecule has 3 heterocycles. The topological polar surface area (TPSA) is 107 Å². The van der Waals surface area contributed by atoms with Crippen molar-refractivity contribution in [2.75, 3.05) is 37.8 Å². The lowest BCUT2D eigenvalue weighted by molar-refractivity contribution is -0.135. The molecule has 1 saturated carbocycles. The number of hydrogen-bond donors (Lipinski definition) is 0. The second kappa shape index (κ2) is 8.10. The van der Waals surface area contributed by atoms with E-state index in [0.29, 0.717) is 19.0 Å². The Kier molecular flexibility index (Phi) is 5.69. The van der Waals surface area contributed by atoms with E-state index in [1.54, 1.807) is 15.8 Å². The van der Waals surface area contributed by atoms with E-state index in [1.165, 1.54) is 0 Å². The van der Waals surface area contributed by atoms with E-state index in [2.05, 4.69) is 14.7 Å². The summed E-state index contributed by atoms with van der Waals surface area (Å²) in [5.41, 5.74) is -1.83.